The third-order valence-corrected chi connectivity index (χ3v) is 0.773. The first-order chi connectivity index (χ1) is 3.91. The zero-order valence-electron chi connectivity index (χ0n) is 4.98. The third kappa shape index (κ3) is 5.32. The van der Waals surface area contributed by atoms with Gasteiger partial charge in [-0.1, -0.05) is 19.3 Å². The van der Waals surface area contributed by atoms with Gasteiger partial charge in [0.1, 0.15) is 0 Å². The van der Waals surface area contributed by atoms with Crippen LogP contribution in [-0.4, -0.2) is 5.26 Å². The lowest BCUT2D eigenvalue weighted by Gasteiger charge is -1.81. The van der Waals surface area contributed by atoms with E-state index in [1.54, 1.807) is 0 Å². The van der Waals surface area contributed by atoms with Crippen molar-refractivity contribution in [3.63, 3.8) is 0 Å². The molecule has 0 saturated carbocycles. The van der Waals surface area contributed by atoms with Crippen LogP contribution < -0.4 is 0 Å². The lowest BCUT2D eigenvalue weighted by Crippen LogP contribution is -1.69. The van der Waals surface area contributed by atoms with Gasteiger partial charge in [0, 0.05) is 6.42 Å². The Morgan fingerprint density at radius 1 is 1.62 bits per heavy atom. The summed E-state index contributed by atoms with van der Waals surface area (Å²) in [7, 11) is 0. The van der Waals surface area contributed by atoms with Crippen LogP contribution in [0.2, 0.25) is 0 Å². The first kappa shape index (κ1) is 7.32. The van der Waals surface area contributed by atoms with E-state index in [2.05, 4.69) is 23.8 Å². The lowest BCUT2D eigenvalue weighted by molar-refractivity contribution is -0.171. The molecule has 0 bridgehead atoms. The largest absolute Gasteiger partial charge is 0.285 e. The fourth-order valence-corrected chi connectivity index (χ4v) is 0.348. The van der Waals surface area contributed by atoms with Crippen LogP contribution in [0.1, 0.15) is 26.2 Å². The van der Waals surface area contributed by atoms with Crippen molar-refractivity contribution in [3.05, 3.63) is 0 Å². The smallest absolute Gasteiger partial charge is 0.156 e. The Morgan fingerprint density at radius 3 is 2.88 bits per heavy atom. The van der Waals surface area contributed by atoms with Crippen molar-refractivity contribution >= 4 is 0 Å². The predicted molar refractivity (Wildman–Crippen MR) is 31.0 cm³/mol. The maximum Gasteiger partial charge on any atom is 0.156 e. The molecule has 0 aromatic carbocycles. The number of hydrogen-bond acceptors (Lipinski definition) is 2. The summed E-state index contributed by atoms with van der Waals surface area (Å²) >= 11 is 0. The topological polar surface area (TPSA) is 29.5 Å². The van der Waals surface area contributed by atoms with Gasteiger partial charge in [-0.15, -0.1) is 0 Å². The number of rotatable bonds is 2. The minimum atomic E-state index is 0.803. The molecule has 0 rings (SSSR count). The maximum atomic E-state index is 7.69. The standard InChI is InChI=1S/C6H10O2/c1-2-3-4-5-6-8-7/h7H,2-4H2,1H3. The highest BCUT2D eigenvalue weighted by atomic mass is 17.1. The molecule has 0 aromatic rings. The van der Waals surface area contributed by atoms with E-state index in [0.29, 0.717) is 0 Å². The molecule has 1 N–H and O–H groups in total. The molecule has 0 saturated heterocycles. The van der Waals surface area contributed by atoms with Gasteiger partial charge in [0.25, 0.3) is 0 Å². The zero-order valence-corrected chi connectivity index (χ0v) is 4.98. The fourth-order valence-electron chi connectivity index (χ4n) is 0.348. The highest BCUT2D eigenvalue weighted by molar-refractivity contribution is 4.89. The summed E-state index contributed by atoms with van der Waals surface area (Å²) in [4.78, 5) is 3.53. The minimum absolute atomic E-state index is 0.803. The Balaban J connectivity index is 2.90. The minimum Gasteiger partial charge on any atom is -0.285 e. The molecule has 0 heterocycles. The Hall–Kier alpha value is -0.680. The number of hydrogen-bond donors (Lipinski definition) is 1. The van der Waals surface area contributed by atoms with Crippen LogP contribution in [0.5, 0.6) is 0 Å². The molecule has 0 amide bonds. The van der Waals surface area contributed by atoms with Gasteiger partial charge in [0.15, 0.2) is 6.11 Å². The summed E-state index contributed by atoms with van der Waals surface area (Å²) in [5.74, 6) is 2.61. The van der Waals surface area contributed by atoms with Crippen molar-refractivity contribution in [2.75, 3.05) is 0 Å². The fraction of sp³-hybridized carbons (Fsp3) is 0.667. The SMILES string of the molecule is CCCCC#COO. The van der Waals surface area contributed by atoms with Gasteiger partial charge < -0.3 is 0 Å². The second-order valence-electron chi connectivity index (χ2n) is 1.47. The van der Waals surface area contributed by atoms with Gasteiger partial charge >= 0.3 is 0 Å². The highest BCUT2D eigenvalue weighted by Gasteiger charge is 1.74. The van der Waals surface area contributed by atoms with E-state index in [1.165, 1.54) is 0 Å². The molecule has 0 fully saturated rings. The second kappa shape index (κ2) is 6.32. The molecule has 2 heteroatoms. The van der Waals surface area contributed by atoms with Gasteiger partial charge in [-0.3, -0.25) is 4.89 Å². The predicted octanol–water partition coefficient (Wildman–Crippen LogP) is 1.63. The van der Waals surface area contributed by atoms with Gasteiger partial charge in [0.05, 0.1) is 0 Å². The molecule has 0 unspecified atom stereocenters. The molecule has 0 aliphatic heterocycles. The van der Waals surface area contributed by atoms with Crippen LogP contribution in [-0.2, 0) is 4.89 Å². The summed E-state index contributed by atoms with van der Waals surface area (Å²) in [6.07, 6.45) is 5.08. The van der Waals surface area contributed by atoms with Crippen LogP contribution in [0.4, 0.5) is 0 Å². The average Bonchev–Trinajstić information content (AvgIpc) is 1.81. The van der Waals surface area contributed by atoms with Crippen LogP contribution >= 0.6 is 0 Å². The van der Waals surface area contributed by atoms with Crippen molar-refractivity contribution in [2.24, 2.45) is 0 Å². The summed E-state index contributed by atoms with van der Waals surface area (Å²) in [5.41, 5.74) is 0. The van der Waals surface area contributed by atoms with Crippen LogP contribution in [0.3, 0.4) is 0 Å². The van der Waals surface area contributed by atoms with Gasteiger partial charge in [-0.05, 0) is 6.42 Å². The van der Waals surface area contributed by atoms with E-state index in [-0.39, 0.29) is 0 Å². The molecule has 0 radical (unpaired) electrons. The van der Waals surface area contributed by atoms with Crippen molar-refractivity contribution in [1.82, 2.24) is 0 Å². The lowest BCUT2D eigenvalue weighted by atomic mass is 10.3. The van der Waals surface area contributed by atoms with Crippen LogP contribution in [0, 0.1) is 12.0 Å². The van der Waals surface area contributed by atoms with Crippen LogP contribution in [0.15, 0.2) is 0 Å². The molecule has 8 heavy (non-hydrogen) atoms. The Kier molecular flexibility index (Phi) is 5.78. The second-order valence-corrected chi connectivity index (χ2v) is 1.47. The Labute approximate surface area is 49.4 Å². The third-order valence-electron chi connectivity index (χ3n) is 0.773. The van der Waals surface area contributed by atoms with Crippen molar-refractivity contribution in [1.29, 1.82) is 0 Å². The molecule has 46 valence electrons. The molecule has 0 aromatic heterocycles. The molecule has 2 nitrogen and oxygen atoms in total. The van der Waals surface area contributed by atoms with E-state index in [0.717, 1.165) is 19.3 Å². The maximum absolute atomic E-state index is 7.69. The average molecular weight is 114 g/mol. The first-order valence-electron chi connectivity index (χ1n) is 2.70. The molecule has 0 aliphatic rings. The quantitative estimate of drug-likeness (QED) is 0.256. The van der Waals surface area contributed by atoms with E-state index in [1.807, 2.05) is 0 Å². The highest BCUT2D eigenvalue weighted by Crippen LogP contribution is 1.89. The summed E-state index contributed by atoms with van der Waals surface area (Å²) < 4.78 is 0. The van der Waals surface area contributed by atoms with Crippen molar-refractivity contribution in [2.45, 2.75) is 26.2 Å². The van der Waals surface area contributed by atoms with Gasteiger partial charge in [-0.2, -0.15) is 5.26 Å². The van der Waals surface area contributed by atoms with E-state index in [4.69, 9.17) is 5.26 Å². The zero-order chi connectivity index (χ0) is 6.24. The first-order valence-corrected chi connectivity index (χ1v) is 2.70. The Morgan fingerprint density at radius 2 is 2.38 bits per heavy atom. The van der Waals surface area contributed by atoms with Gasteiger partial charge in [-0.25, -0.2) is 0 Å². The van der Waals surface area contributed by atoms with Crippen LogP contribution in [0.25, 0.3) is 0 Å². The summed E-state index contributed by atoms with van der Waals surface area (Å²) in [6.45, 7) is 2.08. The molecule has 0 spiro atoms. The van der Waals surface area contributed by atoms with E-state index in [9.17, 15) is 0 Å². The van der Waals surface area contributed by atoms with E-state index < -0.39 is 0 Å². The van der Waals surface area contributed by atoms with Crippen molar-refractivity contribution in [3.8, 4) is 12.0 Å². The molecule has 0 atom stereocenters. The number of unbranched alkanes of at least 4 members (excludes halogenated alkanes) is 2. The monoisotopic (exact) mass is 114 g/mol. The Bertz CT molecular complexity index is 88.4. The molecular weight excluding hydrogens is 104 g/mol. The molecular formula is C6H10O2. The summed E-state index contributed by atoms with van der Waals surface area (Å²) in [6, 6.07) is 0. The normalized spacial score (nSPS) is 7.25. The molecule has 0 aliphatic carbocycles. The van der Waals surface area contributed by atoms with Gasteiger partial charge in [0.2, 0.25) is 0 Å². The van der Waals surface area contributed by atoms with Crippen molar-refractivity contribution < 1.29 is 10.1 Å². The van der Waals surface area contributed by atoms with E-state index >= 15 is 0 Å². The summed E-state index contributed by atoms with van der Waals surface area (Å²) in [5, 5.41) is 7.69.